The van der Waals surface area contributed by atoms with Gasteiger partial charge in [-0.25, -0.2) is 4.39 Å². The van der Waals surface area contributed by atoms with E-state index in [2.05, 4.69) is 46.7 Å². The van der Waals surface area contributed by atoms with Crippen LogP contribution in [-0.2, 0) is 9.59 Å². The van der Waals surface area contributed by atoms with Gasteiger partial charge in [-0.05, 0) is 62.7 Å². The van der Waals surface area contributed by atoms with Crippen molar-refractivity contribution in [1.29, 1.82) is 0 Å². The Morgan fingerprint density at radius 3 is 2.30 bits per heavy atom. The maximum atomic E-state index is 12.9. The molecule has 1 aliphatic heterocycles. The SMILES string of the molecule is Cc1ccc(C(CNC(=O)CSCC(=O)Nc2ccc(F)cc2)N2CCCC2)cc1. The number of amides is 2. The van der Waals surface area contributed by atoms with E-state index in [0.29, 0.717) is 12.2 Å². The van der Waals surface area contributed by atoms with Gasteiger partial charge in [0.25, 0.3) is 0 Å². The Hall–Kier alpha value is -2.38. The number of nitrogens with zero attached hydrogens (tertiary/aromatic N) is 1. The molecule has 3 rings (SSSR count). The lowest BCUT2D eigenvalue weighted by atomic mass is 10.0. The summed E-state index contributed by atoms with van der Waals surface area (Å²) in [5, 5.41) is 5.72. The molecule has 0 aliphatic carbocycles. The molecule has 5 nitrogen and oxygen atoms in total. The molecule has 2 aromatic carbocycles. The van der Waals surface area contributed by atoms with E-state index >= 15 is 0 Å². The van der Waals surface area contributed by atoms with E-state index in [4.69, 9.17) is 0 Å². The molecule has 1 unspecified atom stereocenters. The molecule has 1 fully saturated rings. The van der Waals surface area contributed by atoms with E-state index in [-0.39, 0.29) is 35.2 Å². The van der Waals surface area contributed by atoms with E-state index in [1.165, 1.54) is 60.0 Å². The minimum atomic E-state index is -0.350. The summed E-state index contributed by atoms with van der Waals surface area (Å²) >= 11 is 1.26. The first-order chi connectivity index (χ1) is 14.5. The smallest absolute Gasteiger partial charge is 0.234 e. The highest BCUT2D eigenvalue weighted by molar-refractivity contribution is 8.00. The summed E-state index contributed by atoms with van der Waals surface area (Å²) in [5.74, 6) is -0.257. The molecule has 160 valence electrons. The summed E-state index contributed by atoms with van der Waals surface area (Å²) < 4.78 is 12.9. The van der Waals surface area contributed by atoms with Crippen LogP contribution in [0.5, 0.6) is 0 Å². The highest BCUT2D eigenvalue weighted by Crippen LogP contribution is 2.25. The molecule has 1 saturated heterocycles. The number of rotatable bonds is 9. The van der Waals surface area contributed by atoms with Gasteiger partial charge >= 0.3 is 0 Å². The summed E-state index contributed by atoms with van der Waals surface area (Å²) in [4.78, 5) is 26.7. The van der Waals surface area contributed by atoms with Crippen molar-refractivity contribution in [1.82, 2.24) is 10.2 Å². The molecule has 2 aromatic rings. The van der Waals surface area contributed by atoms with Crippen LogP contribution >= 0.6 is 11.8 Å². The molecule has 7 heteroatoms. The third-order valence-electron chi connectivity index (χ3n) is 5.13. The standard InChI is InChI=1S/C23H28FN3O2S/c1-17-4-6-18(7-5-17)21(27-12-2-3-13-27)14-25-22(28)15-30-16-23(29)26-20-10-8-19(24)9-11-20/h4-11,21H,2-3,12-16H2,1H3,(H,25,28)(H,26,29). The molecule has 0 saturated carbocycles. The molecule has 1 aliphatic rings. The number of thioether (sulfide) groups is 1. The molecular formula is C23H28FN3O2S. The molecular weight excluding hydrogens is 401 g/mol. The van der Waals surface area contributed by atoms with Crippen molar-refractivity contribution >= 4 is 29.3 Å². The van der Waals surface area contributed by atoms with Gasteiger partial charge in [0.05, 0.1) is 17.5 Å². The Morgan fingerprint density at radius 1 is 1.00 bits per heavy atom. The Morgan fingerprint density at radius 2 is 1.63 bits per heavy atom. The normalized spacial score (nSPS) is 15.0. The lowest BCUT2D eigenvalue weighted by Crippen LogP contribution is -2.37. The predicted molar refractivity (Wildman–Crippen MR) is 120 cm³/mol. The molecule has 2 N–H and O–H groups in total. The van der Waals surface area contributed by atoms with E-state index in [0.717, 1.165) is 13.1 Å². The van der Waals surface area contributed by atoms with Crippen LogP contribution in [0.25, 0.3) is 0 Å². The van der Waals surface area contributed by atoms with Gasteiger partial charge in [-0.2, -0.15) is 0 Å². The minimum Gasteiger partial charge on any atom is -0.353 e. The Labute approximate surface area is 181 Å². The molecule has 0 radical (unpaired) electrons. The summed E-state index contributed by atoms with van der Waals surface area (Å²) in [7, 11) is 0. The van der Waals surface area contributed by atoms with Gasteiger partial charge in [0.15, 0.2) is 0 Å². The predicted octanol–water partition coefficient (Wildman–Crippen LogP) is 3.76. The minimum absolute atomic E-state index is 0.0779. The topological polar surface area (TPSA) is 61.4 Å². The van der Waals surface area contributed by atoms with Crippen molar-refractivity contribution in [3.63, 3.8) is 0 Å². The molecule has 0 aromatic heterocycles. The second kappa shape index (κ2) is 11.1. The van der Waals surface area contributed by atoms with Crippen molar-refractivity contribution in [3.05, 3.63) is 65.5 Å². The maximum absolute atomic E-state index is 12.9. The number of halogens is 1. The third kappa shape index (κ3) is 6.85. The van der Waals surface area contributed by atoms with Crippen LogP contribution in [0.2, 0.25) is 0 Å². The Bertz CT molecular complexity index is 837. The number of carbonyl (C=O) groups excluding carboxylic acids is 2. The number of aryl methyl sites for hydroxylation is 1. The lowest BCUT2D eigenvalue weighted by Gasteiger charge is -2.28. The average Bonchev–Trinajstić information content (AvgIpc) is 3.26. The third-order valence-corrected chi connectivity index (χ3v) is 6.06. The molecule has 0 spiro atoms. The molecule has 30 heavy (non-hydrogen) atoms. The fourth-order valence-electron chi connectivity index (χ4n) is 3.53. The van der Waals surface area contributed by atoms with Crippen molar-refractivity contribution in [3.8, 4) is 0 Å². The summed E-state index contributed by atoms with van der Waals surface area (Å²) in [6, 6.07) is 14.3. The number of hydrogen-bond donors (Lipinski definition) is 2. The fraction of sp³-hybridized carbons (Fsp3) is 0.391. The largest absolute Gasteiger partial charge is 0.353 e. The first kappa shape index (κ1) is 22.3. The second-order valence-electron chi connectivity index (χ2n) is 7.52. The molecule has 1 heterocycles. The van der Waals surface area contributed by atoms with E-state index < -0.39 is 0 Å². The summed E-state index contributed by atoms with van der Waals surface area (Å²) in [6.45, 7) is 4.73. The van der Waals surface area contributed by atoms with Gasteiger partial charge in [0.2, 0.25) is 11.8 Å². The molecule has 1 atom stereocenters. The van der Waals surface area contributed by atoms with E-state index in [1.807, 2.05) is 0 Å². The number of anilines is 1. The van der Waals surface area contributed by atoms with Crippen LogP contribution in [0.15, 0.2) is 48.5 Å². The van der Waals surface area contributed by atoms with Crippen molar-refractivity contribution in [2.75, 3.05) is 36.5 Å². The van der Waals surface area contributed by atoms with E-state index in [1.54, 1.807) is 0 Å². The van der Waals surface area contributed by atoms with Gasteiger partial charge in [-0.15, -0.1) is 11.8 Å². The number of carbonyl (C=O) groups is 2. The number of nitrogens with one attached hydrogen (secondary N) is 2. The zero-order valence-electron chi connectivity index (χ0n) is 17.2. The van der Waals surface area contributed by atoms with Crippen molar-refractivity contribution in [2.24, 2.45) is 0 Å². The van der Waals surface area contributed by atoms with Crippen molar-refractivity contribution < 1.29 is 14.0 Å². The molecule has 2 amide bonds. The maximum Gasteiger partial charge on any atom is 0.234 e. The average molecular weight is 430 g/mol. The first-order valence-electron chi connectivity index (χ1n) is 10.2. The number of hydrogen-bond acceptors (Lipinski definition) is 4. The van der Waals surface area contributed by atoms with Crippen LogP contribution in [0.3, 0.4) is 0 Å². The van der Waals surface area contributed by atoms with E-state index in [9.17, 15) is 14.0 Å². The van der Waals surface area contributed by atoms with Crippen LogP contribution in [0.1, 0.15) is 30.0 Å². The van der Waals surface area contributed by atoms with Crippen LogP contribution in [0, 0.1) is 12.7 Å². The van der Waals surface area contributed by atoms with Gasteiger partial charge in [0, 0.05) is 12.2 Å². The fourth-order valence-corrected chi connectivity index (χ4v) is 4.17. The van der Waals surface area contributed by atoms with Gasteiger partial charge in [0.1, 0.15) is 5.82 Å². The first-order valence-corrected chi connectivity index (χ1v) is 11.4. The zero-order chi connectivity index (χ0) is 21.3. The van der Waals surface area contributed by atoms with Crippen LogP contribution < -0.4 is 10.6 Å². The Kier molecular flexibility index (Phi) is 8.28. The lowest BCUT2D eigenvalue weighted by molar-refractivity contribution is -0.118. The zero-order valence-corrected chi connectivity index (χ0v) is 18.0. The number of likely N-dealkylation sites (tertiary alicyclic amines) is 1. The monoisotopic (exact) mass is 429 g/mol. The van der Waals surface area contributed by atoms with Gasteiger partial charge in [-0.1, -0.05) is 29.8 Å². The van der Waals surface area contributed by atoms with Gasteiger partial charge < -0.3 is 10.6 Å². The quantitative estimate of drug-likeness (QED) is 0.637. The van der Waals surface area contributed by atoms with Crippen LogP contribution in [-0.4, -0.2) is 47.9 Å². The Balaban J connectivity index is 1.43. The highest BCUT2D eigenvalue weighted by atomic mass is 32.2. The van der Waals surface area contributed by atoms with Gasteiger partial charge in [-0.3, -0.25) is 14.5 Å². The highest BCUT2D eigenvalue weighted by Gasteiger charge is 2.23. The molecule has 0 bridgehead atoms. The summed E-state index contributed by atoms with van der Waals surface area (Å²) in [5.41, 5.74) is 2.98. The number of benzene rings is 2. The second-order valence-corrected chi connectivity index (χ2v) is 8.51. The summed E-state index contributed by atoms with van der Waals surface area (Å²) in [6.07, 6.45) is 2.38. The van der Waals surface area contributed by atoms with Crippen LogP contribution in [0.4, 0.5) is 10.1 Å². The van der Waals surface area contributed by atoms with Crippen molar-refractivity contribution in [2.45, 2.75) is 25.8 Å².